The lowest BCUT2D eigenvalue weighted by Gasteiger charge is -2.06. The van der Waals surface area contributed by atoms with Crippen molar-refractivity contribution in [2.24, 2.45) is 0 Å². The molecule has 0 radical (unpaired) electrons. The average molecular weight is 263 g/mol. The minimum atomic E-state index is -0.192. The van der Waals surface area contributed by atoms with E-state index >= 15 is 0 Å². The van der Waals surface area contributed by atoms with Crippen LogP contribution in [0.2, 0.25) is 0 Å². The molecule has 0 spiro atoms. The predicted molar refractivity (Wildman–Crippen MR) is 70.9 cm³/mol. The Hall–Kier alpha value is -2.02. The van der Waals surface area contributed by atoms with Crippen LogP contribution in [0.5, 0.6) is 0 Å². The van der Waals surface area contributed by atoms with Crippen LogP contribution in [0.3, 0.4) is 0 Å². The summed E-state index contributed by atoms with van der Waals surface area (Å²) in [6.45, 7) is 2.90. The molecule has 2 aromatic heterocycles. The molecule has 0 saturated heterocycles. The first-order valence-electron chi connectivity index (χ1n) is 5.58. The number of carbonyl (C=O) groups excluding carboxylic acids is 1. The number of anilines is 2. The van der Waals surface area contributed by atoms with Crippen molar-refractivity contribution >= 4 is 28.3 Å². The lowest BCUT2D eigenvalue weighted by Crippen LogP contribution is -2.12. The van der Waals surface area contributed by atoms with Crippen LogP contribution < -0.4 is 10.6 Å². The summed E-state index contributed by atoms with van der Waals surface area (Å²) in [4.78, 5) is 16.1. The van der Waals surface area contributed by atoms with Crippen molar-refractivity contribution in [3.8, 4) is 0 Å². The zero-order valence-corrected chi connectivity index (χ0v) is 10.7. The second-order valence-corrected chi connectivity index (χ2v) is 4.38. The van der Waals surface area contributed by atoms with Gasteiger partial charge in [-0.2, -0.15) is 0 Å². The lowest BCUT2D eigenvalue weighted by molar-refractivity contribution is 0.102. The second kappa shape index (κ2) is 6.06. The van der Waals surface area contributed by atoms with Crippen LogP contribution >= 0.6 is 11.5 Å². The Morgan fingerprint density at radius 2 is 2.39 bits per heavy atom. The van der Waals surface area contributed by atoms with Crippen molar-refractivity contribution in [3.05, 3.63) is 30.1 Å². The van der Waals surface area contributed by atoms with Crippen molar-refractivity contribution in [2.75, 3.05) is 17.2 Å². The van der Waals surface area contributed by atoms with E-state index in [1.54, 1.807) is 18.3 Å². The number of carbonyl (C=O) groups is 1. The molecule has 0 aromatic carbocycles. The summed E-state index contributed by atoms with van der Waals surface area (Å²) in [7, 11) is 0. The Morgan fingerprint density at radius 3 is 3.11 bits per heavy atom. The largest absolute Gasteiger partial charge is 0.370 e. The Labute approximate surface area is 109 Å². The quantitative estimate of drug-likeness (QED) is 0.862. The molecule has 2 aromatic rings. The maximum Gasteiger partial charge on any atom is 0.256 e. The van der Waals surface area contributed by atoms with Crippen LogP contribution in [0, 0.1) is 0 Å². The molecule has 0 unspecified atom stereocenters. The first-order chi connectivity index (χ1) is 8.79. The summed E-state index contributed by atoms with van der Waals surface area (Å²) in [6.07, 6.45) is 4.13. The molecule has 6 nitrogen and oxygen atoms in total. The van der Waals surface area contributed by atoms with E-state index in [1.165, 1.54) is 6.20 Å². The van der Waals surface area contributed by atoms with Gasteiger partial charge in [0.05, 0.1) is 6.20 Å². The average Bonchev–Trinajstić information content (AvgIpc) is 2.89. The predicted octanol–water partition coefficient (Wildman–Crippen LogP) is 2.01. The molecule has 94 valence electrons. The van der Waals surface area contributed by atoms with Gasteiger partial charge >= 0.3 is 0 Å². The maximum absolute atomic E-state index is 11.9. The standard InChI is InChI=1S/C11H13N5OS/c1-2-4-12-9-6-8(3-5-13-9)11(17)15-10-7-14-16-18-10/h3,5-7H,2,4H2,1H3,(H,12,13)(H,15,17). The fourth-order valence-corrected chi connectivity index (χ4v) is 1.74. The Bertz CT molecular complexity index is 514. The Morgan fingerprint density at radius 1 is 1.50 bits per heavy atom. The van der Waals surface area contributed by atoms with E-state index in [2.05, 4.69) is 32.1 Å². The van der Waals surface area contributed by atoms with E-state index in [9.17, 15) is 4.79 Å². The number of hydrogen-bond acceptors (Lipinski definition) is 6. The third kappa shape index (κ3) is 3.24. The van der Waals surface area contributed by atoms with Gasteiger partial charge in [-0.15, -0.1) is 5.10 Å². The third-order valence-electron chi connectivity index (χ3n) is 2.18. The van der Waals surface area contributed by atoms with Gasteiger partial charge in [-0.1, -0.05) is 11.4 Å². The number of nitrogens with zero attached hydrogens (tertiary/aromatic N) is 3. The summed E-state index contributed by atoms with van der Waals surface area (Å²) >= 11 is 1.14. The van der Waals surface area contributed by atoms with Gasteiger partial charge < -0.3 is 10.6 Å². The van der Waals surface area contributed by atoms with Crippen LogP contribution in [0.15, 0.2) is 24.5 Å². The van der Waals surface area contributed by atoms with Crippen LogP contribution in [0.25, 0.3) is 0 Å². The van der Waals surface area contributed by atoms with Gasteiger partial charge in [0.1, 0.15) is 10.8 Å². The number of hydrogen-bond donors (Lipinski definition) is 2. The number of amides is 1. The lowest BCUT2D eigenvalue weighted by atomic mass is 10.2. The molecule has 2 N–H and O–H groups in total. The fraction of sp³-hybridized carbons (Fsp3) is 0.273. The van der Waals surface area contributed by atoms with Crippen LogP contribution in [-0.2, 0) is 0 Å². The second-order valence-electron chi connectivity index (χ2n) is 3.59. The minimum Gasteiger partial charge on any atom is -0.370 e. The van der Waals surface area contributed by atoms with Gasteiger partial charge in [0, 0.05) is 29.8 Å². The van der Waals surface area contributed by atoms with E-state index in [0.29, 0.717) is 16.4 Å². The molecule has 18 heavy (non-hydrogen) atoms. The summed E-state index contributed by atoms with van der Waals surface area (Å²) in [5, 5.41) is 10.1. The molecule has 1 amide bonds. The molecular formula is C11H13N5OS. The molecule has 0 saturated carbocycles. The summed E-state index contributed by atoms with van der Waals surface area (Å²) < 4.78 is 3.68. The smallest absolute Gasteiger partial charge is 0.256 e. The van der Waals surface area contributed by atoms with Crippen LogP contribution in [0.4, 0.5) is 10.8 Å². The van der Waals surface area contributed by atoms with Crippen molar-refractivity contribution in [1.82, 2.24) is 14.6 Å². The topological polar surface area (TPSA) is 79.8 Å². The number of pyridine rings is 1. The molecule has 0 aliphatic carbocycles. The van der Waals surface area contributed by atoms with Crippen LogP contribution in [-0.4, -0.2) is 27.0 Å². The Balaban J connectivity index is 2.05. The highest BCUT2D eigenvalue weighted by atomic mass is 32.1. The highest BCUT2D eigenvalue weighted by molar-refractivity contribution is 7.10. The van der Waals surface area contributed by atoms with Gasteiger partial charge in [0.25, 0.3) is 5.91 Å². The van der Waals surface area contributed by atoms with E-state index < -0.39 is 0 Å². The van der Waals surface area contributed by atoms with Gasteiger partial charge in [-0.3, -0.25) is 4.79 Å². The Kier molecular flexibility index (Phi) is 4.19. The monoisotopic (exact) mass is 263 g/mol. The molecule has 0 bridgehead atoms. The minimum absolute atomic E-state index is 0.192. The summed E-state index contributed by atoms with van der Waals surface area (Å²) in [5.74, 6) is 0.509. The number of rotatable bonds is 5. The van der Waals surface area contributed by atoms with E-state index in [4.69, 9.17) is 0 Å². The molecule has 7 heteroatoms. The highest BCUT2D eigenvalue weighted by Crippen LogP contribution is 2.13. The SMILES string of the molecule is CCCNc1cc(C(=O)Nc2cnns2)ccn1. The van der Waals surface area contributed by atoms with Gasteiger partial charge in [-0.25, -0.2) is 4.98 Å². The molecule has 0 atom stereocenters. The van der Waals surface area contributed by atoms with E-state index in [1.807, 2.05) is 0 Å². The molecular weight excluding hydrogens is 250 g/mol. The van der Waals surface area contributed by atoms with Crippen molar-refractivity contribution in [2.45, 2.75) is 13.3 Å². The molecule has 2 rings (SSSR count). The first kappa shape index (κ1) is 12.4. The summed E-state index contributed by atoms with van der Waals surface area (Å²) in [5.41, 5.74) is 0.553. The first-order valence-corrected chi connectivity index (χ1v) is 6.35. The molecule has 0 fully saturated rings. The van der Waals surface area contributed by atoms with Crippen molar-refractivity contribution < 1.29 is 4.79 Å². The zero-order valence-electron chi connectivity index (χ0n) is 9.88. The highest BCUT2D eigenvalue weighted by Gasteiger charge is 2.08. The van der Waals surface area contributed by atoms with Crippen molar-refractivity contribution in [3.63, 3.8) is 0 Å². The van der Waals surface area contributed by atoms with Gasteiger partial charge in [0.2, 0.25) is 0 Å². The van der Waals surface area contributed by atoms with E-state index in [-0.39, 0.29) is 5.91 Å². The van der Waals surface area contributed by atoms with Crippen LogP contribution in [0.1, 0.15) is 23.7 Å². The normalized spacial score (nSPS) is 10.1. The van der Waals surface area contributed by atoms with E-state index in [0.717, 1.165) is 24.5 Å². The van der Waals surface area contributed by atoms with Crippen molar-refractivity contribution in [1.29, 1.82) is 0 Å². The van der Waals surface area contributed by atoms with Gasteiger partial charge in [-0.05, 0) is 18.6 Å². The molecule has 0 aliphatic rings. The zero-order chi connectivity index (χ0) is 12.8. The molecule has 0 aliphatic heterocycles. The molecule has 2 heterocycles. The van der Waals surface area contributed by atoms with Gasteiger partial charge in [0.15, 0.2) is 0 Å². The summed E-state index contributed by atoms with van der Waals surface area (Å²) in [6, 6.07) is 3.39. The number of nitrogens with one attached hydrogen (secondary N) is 2. The maximum atomic E-state index is 11.9. The fourth-order valence-electron chi connectivity index (χ4n) is 1.33. The third-order valence-corrected chi connectivity index (χ3v) is 2.76. The number of aromatic nitrogens is 3.